The Hall–Kier alpha value is -4.04. The van der Waals surface area contributed by atoms with E-state index >= 15 is 0 Å². The predicted molar refractivity (Wildman–Crippen MR) is 191 cm³/mol. The number of pyridine rings is 2. The Labute approximate surface area is 298 Å². The Kier molecular flexibility index (Phi) is 13.1. The van der Waals surface area contributed by atoms with Gasteiger partial charge >= 0.3 is 12.2 Å². The second-order valence-corrected chi connectivity index (χ2v) is 14.8. The molecule has 4 aromatic heterocycles. The van der Waals surface area contributed by atoms with E-state index in [1.54, 1.807) is 24.8 Å². The van der Waals surface area contributed by atoms with Gasteiger partial charge in [0.1, 0.15) is 22.6 Å². The summed E-state index contributed by atoms with van der Waals surface area (Å²) in [7, 11) is 0. The molecule has 0 aliphatic heterocycles. The fourth-order valence-corrected chi connectivity index (χ4v) is 4.59. The molecule has 0 saturated carbocycles. The summed E-state index contributed by atoms with van der Waals surface area (Å²) in [6.07, 6.45) is 5.77. The van der Waals surface area contributed by atoms with E-state index in [2.05, 4.69) is 72.4 Å². The predicted octanol–water partition coefficient (Wildman–Crippen LogP) is 8.39. The van der Waals surface area contributed by atoms with Crippen molar-refractivity contribution in [1.82, 2.24) is 40.5 Å². The Morgan fingerprint density at radius 1 is 0.625 bits per heavy atom. The topological polar surface area (TPSA) is 154 Å². The molecule has 256 valence electrons. The molecule has 0 radical (unpaired) electrons. The smallest absolute Gasteiger partial charge is 0.408 e. The van der Waals surface area contributed by atoms with Crippen LogP contribution in [0.3, 0.4) is 0 Å². The molecule has 2 N–H and O–H groups in total. The number of nitrogens with zero attached hydrogens (tertiary/aromatic N) is 6. The SMILES string of the molecule is Cc1cnc(-c2ccc(Br)cn2)c([C@H](C)NC(=O)OC(C)(C)C)n1.Cc1cnc([C@H](C)NC(=O)OC(C)(C)C)c(-c2ccc(Br)cn2)n1. The molecule has 0 saturated heterocycles. The van der Waals surface area contributed by atoms with Crippen molar-refractivity contribution < 1.29 is 19.1 Å². The molecular weight excluding hydrogens is 744 g/mol. The highest BCUT2D eigenvalue weighted by Crippen LogP contribution is 2.26. The highest BCUT2D eigenvalue weighted by Gasteiger charge is 2.23. The van der Waals surface area contributed by atoms with Crippen LogP contribution < -0.4 is 10.6 Å². The number of aryl methyl sites for hydroxylation is 2. The van der Waals surface area contributed by atoms with E-state index in [1.807, 2.05) is 93.5 Å². The van der Waals surface area contributed by atoms with Gasteiger partial charge in [0.25, 0.3) is 0 Å². The molecule has 4 aromatic rings. The van der Waals surface area contributed by atoms with E-state index in [-0.39, 0.29) is 12.1 Å². The summed E-state index contributed by atoms with van der Waals surface area (Å²) in [5.41, 5.74) is 4.39. The van der Waals surface area contributed by atoms with Gasteiger partial charge in [-0.2, -0.15) is 0 Å². The first-order valence-electron chi connectivity index (χ1n) is 15.2. The van der Waals surface area contributed by atoms with Crippen molar-refractivity contribution in [1.29, 1.82) is 0 Å². The van der Waals surface area contributed by atoms with Crippen molar-refractivity contribution in [2.45, 2.75) is 92.5 Å². The minimum Gasteiger partial charge on any atom is -0.444 e. The van der Waals surface area contributed by atoms with Gasteiger partial charge in [0.05, 0.1) is 46.2 Å². The number of hydrogen-bond donors (Lipinski definition) is 2. The van der Waals surface area contributed by atoms with Gasteiger partial charge < -0.3 is 20.1 Å². The van der Waals surface area contributed by atoms with Crippen LogP contribution in [0, 0.1) is 13.8 Å². The normalized spacial score (nSPS) is 12.6. The summed E-state index contributed by atoms with van der Waals surface area (Å²) in [5, 5.41) is 5.59. The largest absolute Gasteiger partial charge is 0.444 e. The summed E-state index contributed by atoms with van der Waals surface area (Å²) in [6.45, 7) is 18.3. The number of aromatic nitrogens is 6. The molecule has 0 spiro atoms. The molecule has 2 amide bonds. The molecule has 0 aromatic carbocycles. The first-order valence-corrected chi connectivity index (χ1v) is 16.8. The zero-order valence-electron chi connectivity index (χ0n) is 28.8. The summed E-state index contributed by atoms with van der Waals surface area (Å²) in [6, 6.07) is 6.76. The summed E-state index contributed by atoms with van der Waals surface area (Å²) < 4.78 is 12.4. The van der Waals surface area contributed by atoms with Crippen LogP contribution in [0.2, 0.25) is 0 Å². The average Bonchev–Trinajstić information content (AvgIpc) is 2.96. The van der Waals surface area contributed by atoms with Gasteiger partial charge in [0, 0.05) is 33.7 Å². The van der Waals surface area contributed by atoms with Crippen LogP contribution in [-0.2, 0) is 9.47 Å². The highest BCUT2D eigenvalue weighted by molar-refractivity contribution is 9.10. The van der Waals surface area contributed by atoms with Crippen LogP contribution in [0.1, 0.15) is 90.2 Å². The van der Waals surface area contributed by atoms with Crippen molar-refractivity contribution in [2.24, 2.45) is 0 Å². The molecule has 12 nitrogen and oxygen atoms in total. The lowest BCUT2D eigenvalue weighted by atomic mass is 10.1. The van der Waals surface area contributed by atoms with Crippen molar-refractivity contribution in [3.63, 3.8) is 0 Å². The van der Waals surface area contributed by atoms with Gasteiger partial charge in [0.15, 0.2) is 0 Å². The molecule has 48 heavy (non-hydrogen) atoms. The van der Waals surface area contributed by atoms with Gasteiger partial charge in [-0.1, -0.05) is 0 Å². The maximum absolute atomic E-state index is 12.0. The molecular formula is C34H42Br2N8O4. The zero-order chi connectivity index (χ0) is 35.8. The standard InChI is InChI=1S/2C17H21BrN4O2/c1-10-8-20-15(13-7-6-12(18)9-19-13)14(21-10)11(2)22-16(23)24-17(3,4)5;1-10-8-20-14(11(2)22-16(23)24-17(3,4)5)15(21-10)13-7-6-12(18)9-19-13/h2*6-9,11H,1-5H3,(H,22,23)/t2*11-/m00/s1. The second-order valence-electron chi connectivity index (χ2n) is 12.9. The maximum atomic E-state index is 12.0. The Morgan fingerprint density at radius 2 is 1.06 bits per heavy atom. The maximum Gasteiger partial charge on any atom is 0.408 e. The molecule has 0 unspecified atom stereocenters. The van der Waals surface area contributed by atoms with Crippen molar-refractivity contribution in [3.05, 3.63) is 80.8 Å². The van der Waals surface area contributed by atoms with Crippen molar-refractivity contribution in [3.8, 4) is 22.8 Å². The summed E-state index contributed by atoms with van der Waals surface area (Å²) in [4.78, 5) is 50.7. The molecule has 14 heteroatoms. The van der Waals surface area contributed by atoms with Crippen LogP contribution in [0.25, 0.3) is 22.8 Å². The monoisotopic (exact) mass is 784 g/mol. The number of alkyl carbamates (subject to hydrolysis) is 2. The molecule has 0 aliphatic rings. The van der Waals surface area contributed by atoms with Gasteiger partial charge in [0.2, 0.25) is 0 Å². The van der Waals surface area contributed by atoms with Gasteiger partial charge in [-0.15, -0.1) is 0 Å². The minimum absolute atomic E-state index is 0.367. The number of rotatable bonds is 6. The van der Waals surface area contributed by atoms with Crippen molar-refractivity contribution in [2.75, 3.05) is 0 Å². The van der Waals surface area contributed by atoms with Crippen LogP contribution in [-0.4, -0.2) is 53.3 Å². The second kappa shape index (κ2) is 16.4. The van der Waals surface area contributed by atoms with Crippen molar-refractivity contribution >= 4 is 44.0 Å². The number of hydrogen-bond acceptors (Lipinski definition) is 10. The Morgan fingerprint density at radius 3 is 1.52 bits per heavy atom. The lowest BCUT2D eigenvalue weighted by Gasteiger charge is -2.22. The first-order chi connectivity index (χ1) is 22.3. The minimum atomic E-state index is -0.557. The lowest BCUT2D eigenvalue weighted by Crippen LogP contribution is -2.34. The van der Waals surface area contributed by atoms with Crippen LogP contribution in [0.15, 0.2) is 58.0 Å². The fraction of sp³-hybridized carbons (Fsp3) is 0.412. The number of ether oxygens (including phenoxy) is 2. The third kappa shape index (κ3) is 12.2. The zero-order valence-corrected chi connectivity index (χ0v) is 32.0. The quantitative estimate of drug-likeness (QED) is 0.195. The fourth-order valence-electron chi connectivity index (χ4n) is 4.12. The molecule has 0 fully saturated rings. The molecule has 2 atom stereocenters. The van der Waals surface area contributed by atoms with Gasteiger partial charge in [-0.05, 0) is 125 Å². The number of amides is 2. The highest BCUT2D eigenvalue weighted by atomic mass is 79.9. The van der Waals surface area contributed by atoms with E-state index < -0.39 is 23.4 Å². The summed E-state index contributed by atoms with van der Waals surface area (Å²) >= 11 is 6.73. The van der Waals surface area contributed by atoms with Gasteiger partial charge in [-0.25, -0.2) is 14.6 Å². The van der Waals surface area contributed by atoms with E-state index in [4.69, 9.17) is 9.47 Å². The number of nitrogens with one attached hydrogen (secondary N) is 2. The Bertz CT molecular complexity index is 1710. The van der Waals surface area contributed by atoms with Crippen LogP contribution >= 0.6 is 31.9 Å². The van der Waals surface area contributed by atoms with E-state index in [0.29, 0.717) is 34.2 Å². The van der Waals surface area contributed by atoms with E-state index in [9.17, 15) is 9.59 Å². The number of carbonyl (C=O) groups is 2. The molecule has 4 rings (SSSR count). The van der Waals surface area contributed by atoms with Crippen LogP contribution in [0.4, 0.5) is 9.59 Å². The van der Waals surface area contributed by atoms with E-state index in [1.165, 1.54) is 0 Å². The van der Waals surface area contributed by atoms with Gasteiger partial charge in [-0.3, -0.25) is 24.9 Å². The average molecular weight is 787 g/mol. The van der Waals surface area contributed by atoms with Crippen LogP contribution in [0.5, 0.6) is 0 Å². The number of halogens is 2. The third-order valence-electron chi connectivity index (χ3n) is 6.07. The molecule has 4 heterocycles. The summed E-state index contributed by atoms with van der Waals surface area (Å²) in [5.74, 6) is 0. The molecule has 0 aliphatic carbocycles. The molecule has 0 bridgehead atoms. The lowest BCUT2D eigenvalue weighted by molar-refractivity contribution is 0.0495. The van der Waals surface area contributed by atoms with E-state index in [0.717, 1.165) is 20.3 Å². The third-order valence-corrected chi connectivity index (χ3v) is 7.01. The number of carbonyl (C=O) groups excluding carboxylic acids is 2. The Balaban J connectivity index is 0.000000260. The first kappa shape index (κ1) is 38.4.